The fourth-order valence-electron chi connectivity index (χ4n) is 1.45. The molecular formula is C12H12ClN3O3. The normalized spacial score (nSPS) is 10.3. The molecule has 6 nitrogen and oxygen atoms in total. The number of hydrogen-bond acceptors (Lipinski definition) is 5. The Hall–Kier alpha value is -2.08. The van der Waals surface area contributed by atoms with Gasteiger partial charge >= 0.3 is 12.0 Å². The molecule has 0 aliphatic heterocycles. The van der Waals surface area contributed by atoms with Gasteiger partial charge in [-0.05, 0) is 24.3 Å². The maximum atomic E-state index is 11.0. The Kier molecular flexibility index (Phi) is 4.01. The third kappa shape index (κ3) is 3.23. The molecule has 0 bridgehead atoms. The van der Waals surface area contributed by atoms with Gasteiger partial charge in [0, 0.05) is 17.6 Å². The highest BCUT2D eigenvalue weighted by molar-refractivity contribution is 6.30. The third-order valence-electron chi connectivity index (χ3n) is 2.39. The van der Waals surface area contributed by atoms with Crippen molar-refractivity contribution in [1.82, 2.24) is 14.8 Å². The van der Waals surface area contributed by atoms with Crippen LogP contribution >= 0.6 is 11.6 Å². The fourth-order valence-corrected chi connectivity index (χ4v) is 1.58. The molecule has 0 unspecified atom stereocenters. The molecule has 1 aromatic carbocycles. The lowest BCUT2D eigenvalue weighted by Crippen LogP contribution is -2.13. The molecule has 7 heteroatoms. The molecule has 0 saturated heterocycles. The third-order valence-corrected chi connectivity index (χ3v) is 2.64. The number of methoxy groups -OCH3 is 1. The minimum atomic E-state index is -0.486. The standard InChI is InChI=1S/C12H12ClN3O3/c1-16-11(8-3-5-9(13)6-4-8)14-12(15-16)19-7-10(17)18-2/h3-6H,7H2,1-2H3. The van der Waals surface area contributed by atoms with Crippen LogP contribution in [-0.4, -0.2) is 34.5 Å². The Bertz CT molecular complexity index is 580. The molecule has 0 fully saturated rings. The zero-order chi connectivity index (χ0) is 13.8. The van der Waals surface area contributed by atoms with Gasteiger partial charge < -0.3 is 9.47 Å². The van der Waals surface area contributed by atoms with Crippen molar-refractivity contribution in [3.05, 3.63) is 29.3 Å². The summed E-state index contributed by atoms with van der Waals surface area (Å²) >= 11 is 5.83. The molecule has 1 aromatic heterocycles. The Morgan fingerprint density at radius 2 is 2.05 bits per heavy atom. The molecule has 0 aliphatic carbocycles. The van der Waals surface area contributed by atoms with E-state index in [1.54, 1.807) is 23.9 Å². The molecule has 0 saturated carbocycles. The van der Waals surface area contributed by atoms with Crippen molar-refractivity contribution in [3.63, 3.8) is 0 Å². The van der Waals surface area contributed by atoms with Gasteiger partial charge in [0.25, 0.3) is 0 Å². The van der Waals surface area contributed by atoms with Crippen LogP contribution in [0.3, 0.4) is 0 Å². The summed E-state index contributed by atoms with van der Waals surface area (Å²) in [6, 6.07) is 7.31. The van der Waals surface area contributed by atoms with Gasteiger partial charge in [0.2, 0.25) is 0 Å². The van der Waals surface area contributed by atoms with E-state index in [4.69, 9.17) is 16.3 Å². The number of nitrogens with zero attached hydrogens (tertiary/aromatic N) is 3. The second kappa shape index (κ2) is 5.71. The molecule has 0 aliphatic rings. The summed E-state index contributed by atoms with van der Waals surface area (Å²) in [7, 11) is 3.03. The summed E-state index contributed by atoms with van der Waals surface area (Å²) in [5, 5.41) is 4.70. The SMILES string of the molecule is COC(=O)COc1nc(-c2ccc(Cl)cc2)n(C)n1. The maximum Gasteiger partial charge on any atom is 0.344 e. The van der Waals surface area contributed by atoms with Gasteiger partial charge in [-0.3, -0.25) is 0 Å². The van der Waals surface area contributed by atoms with E-state index >= 15 is 0 Å². The van der Waals surface area contributed by atoms with Gasteiger partial charge in [0.05, 0.1) is 7.11 Å². The van der Waals surface area contributed by atoms with E-state index in [9.17, 15) is 4.79 Å². The molecule has 100 valence electrons. The van der Waals surface area contributed by atoms with Crippen molar-refractivity contribution in [2.45, 2.75) is 0 Å². The monoisotopic (exact) mass is 281 g/mol. The molecule has 0 radical (unpaired) electrons. The summed E-state index contributed by atoms with van der Waals surface area (Å²) in [5.74, 6) is 0.136. The molecule has 2 rings (SSSR count). The number of rotatable bonds is 4. The molecule has 2 aromatic rings. The van der Waals surface area contributed by atoms with Crippen LogP contribution in [0.4, 0.5) is 0 Å². The van der Waals surface area contributed by atoms with Gasteiger partial charge in [0.15, 0.2) is 12.4 Å². The number of hydrogen-bond donors (Lipinski definition) is 0. The summed E-state index contributed by atoms with van der Waals surface area (Å²) in [4.78, 5) is 15.2. The number of halogens is 1. The number of ether oxygens (including phenoxy) is 2. The molecular weight excluding hydrogens is 270 g/mol. The van der Waals surface area contributed by atoms with E-state index in [0.29, 0.717) is 10.8 Å². The van der Waals surface area contributed by atoms with Crippen LogP contribution < -0.4 is 4.74 Å². The van der Waals surface area contributed by atoms with Gasteiger partial charge in [-0.1, -0.05) is 11.6 Å². The second-order valence-electron chi connectivity index (χ2n) is 3.71. The van der Waals surface area contributed by atoms with Crippen LogP contribution in [0, 0.1) is 0 Å². The van der Waals surface area contributed by atoms with Gasteiger partial charge in [-0.2, -0.15) is 4.98 Å². The Morgan fingerprint density at radius 1 is 1.37 bits per heavy atom. The quantitative estimate of drug-likeness (QED) is 0.798. The molecule has 19 heavy (non-hydrogen) atoms. The highest BCUT2D eigenvalue weighted by Gasteiger charge is 2.11. The van der Waals surface area contributed by atoms with E-state index in [1.165, 1.54) is 7.11 Å². The lowest BCUT2D eigenvalue weighted by molar-refractivity contribution is -0.143. The van der Waals surface area contributed by atoms with E-state index in [1.807, 2.05) is 12.1 Å². The predicted octanol–water partition coefficient (Wildman–Crippen LogP) is 1.69. The first kappa shape index (κ1) is 13.4. The Labute approximate surface area is 114 Å². The molecule has 0 amide bonds. The summed E-state index contributed by atoms with van der Waals surface area (Å²) in [6.45, 7) is -0.222. The number of aromatic nitrogens is 3. The van der Waals surface area contributed by atoms with Crippen LogP contribution in [0.2, 0.25) is 5.02 Å². The maximum absolute atomic E-state index is 11.0. The fraction of sp³-hybridized carbons (Fsp3) is 0.250. The number of carbonyl (C=O) groups is 1. The van der Waals surface area contributed by atoms with Crippen LogP contribution in [-0.2, 0) is 16.6 Å². The molecule has 0 atom stereocenters. The van der Waals surface area contributed by atoms with Gasteiger partial charge in [0.1, 0.15) is 0 Å². The Morgan fingerprint density at radius 3 is 2.68 bits per heavy atom. The number of carbonyl (C=O) groups excluding carboxylic acids is 1. The number of benzene rings is 1. The minimum Gasteiger partial charge on any atom is -0.466 e. The van der Waals surface area contributed by atoms with Gasteiger partial charge in [-0.15, -0.1) is 5.10 Å². The highest BCUT2D eigenvalue weighted by atomic mass is 35.5. The largest absolute Gasteiger partial charge is 0.466 e. The van der Waals surface area contributed by atoms with E-state index in [2.05, 4.69) is 14.8 Å². The highest BCUT2D eigenvalue weighted by Crippen LogP contribution is 2.21. The summed E-state index contributed by atoms with van der Waals surface area (Å²) in [6.07, 6.45) is 0. The summed E-state index contributed by atoms with van der Waals surface area (Å²) in [5.41, 5.74) is 0.854. The van der Waals surface area contributed by atoms with Crippen molar-refractivity contribution < 1.29 is 14.3 Å². The molecule has 0 spiro atoms. The van der Waals surface area contributed by atoms with E-state index in [-0.39, 0.29) is 12.6 Å². The van der Waals surface area contributed by atoms with Crippen LogP contribution in [0.25, 0.3) is 11.4 Å². The van der Waals surface area contributed by atoms with Crippen molar-refractivity contribution in [3.8, 4) is 17.4 Å². The first-order valence-electron chi connectivity index (χ1n) is 5.46. The topological polar surface area (TPSA) is 66.2 Å². The average Bonchev–Trinajstić information content (AvgIpc) is 2.78. The van der Waals surface area contributed by atoms with Gasteiger partial charge in [-0.25, -0.2) is 9.48 Å². The van der Waals surface area contributed by atoms with Crippen molar-refractivity contribution in [2.75, 3.05) is 13.7 Å². The summed E-state index contributed by atoms with van der Waals surface area (Å²) < 4.78 is 11.2. The minimum absolute atomic E-state index is 0.123. The van der Waals surface area contributed by atoms with E-state index < -0.39 is 5.97 Å². The average molecular weight is 282 g/mol. The first-order valence-corrected chi connectivity index (χ1v) is 5.84. The van der Waals surface area contributed by atoms with Crippen molar-refractivity contribution in [1.29, 1.82) is 0 Å². The number of esters is 1. The van der Waals surface area contributed by atoms with Crippen LogP contribution in [0.1, 0.15) is 0 Å². The second-order valence-corrected chi connectivity index (χ2v) is 4.15. The molecule has 0 N–H and O–H groups in total. The smallest absolute Gasteiger partial charge is 0.344 e. The van der Waals surface area contributed by atoms with Crippen molar-refractivity contribution >= 4 is 17.6 Å². The zero-order valence-electron chi connectivity index (χ0n) is 10.5. The van der Waals surface area contributed by atoms with Crippen LogP contribution in [0.5, 0.6) is 6.01 Å². The first-order chi connectivity index (χ1) is 9.10. The van der Waals surface area contributed by atoms with Crippen LogP contribution in [0.15, 0.2) is 24.3 Å². The lowest BCUT2D eigenvalue weighted by Gasteiger charge is -1.99. The number of aryl methyl sites for hydroxylation is 1. The molecule has 1 heterocycles. The zero-order valence-corrected chi connectivity index (χ0v) is 11.2. The van der Waals surface area contributed by atoms with Crippen molar-refractivity contribution in [2.24, 2.45) is 7.05 Å². The lowest BCUT2D eigenvalue weighted by atomic mass is 10.2. The predicted molar refractivity (Wildman–Crippen MR) is 69.0 cm³/mol. The van der Waals surface area contributed by atoms with E-state index in [0.717, 1.165) is 5.56 Å². The Balaban J connectivity index is 2.16.